The van der Waals surface area contributed by atoms with Crippen LogP contribution in [0.1, 0.15) is 465 Å². The molecule has 0 aromatic heterocycles. The number of unbranched alkanes of at least 4 members (excludes halogenated alkanes) is 58. The summed E-state index contributed by atoms with van der Waals surface area (Å²) in [6, 6.07) is 0. The Labute approximate surface area is 645 Å². The minimum atomic E-state index is -4.97. The van der Waals surface area contributed by atoms with Gasteiger partial charge in [-0.2, -0.15) is 0 Å². The van der Waals surface area contributed by atoms with Crippen LogP contribution in [0.15, 0.2) is 0 Å². The number of hydrogen-bond donors (Lipinski definition) is 3. The number of phosphoric ester groups is 2. The Balaban J connectivity index is 5.23. The number of aliphatic hydroxyl groups excluding tert-OH is 1. The molecule has 0 saturated heterocycles. The maximum Gasteiger partial charge on any atom is 0.472 e. The smallest absolute Gasteiger partial charge is 0.462 e. The standard InChI is InChI=1S/C86H168O17P2/c1-6-9-12-15-18-21-24-27-29-31-33-34-36-38-40-42-45-51-56-61-66-71-85(90)102-81(75-97-84(89)70-65-60-55-50-44-41-39-37-35-32-30-28-25-22-19-16-13-10-7-2)77-100-104(92,93)98-73-80(87)74-99-105(94,95)101-78-82(76-96-83(88)69-64-59-54-49-43-26-23-20-17-14-11-8-3)103-86(91)72-67-62-57-52-47-46-48-53-58-63-68-79(4)5/h79-82,87H,6-78H2,1-5H3,(H,92,93)(H,94,95)/t80-,81-,82-/m1/s1. The van der Waals surface area contributed by atoms with Crippen LogP contribution in [-0.4, -0.2) is 96.7 Å². The van der Waals surface area contributed by atoms with Gasteiger partial charge < -0.3 is 33.8 Å². The Bertz CT molecular complexity index is 2000. The van der Waals surface area contributed by atoms with Gasteiger partial charge in [-0.05, 0) is 31.6 Å². The van der Waals surface area contributed by atoms with Gasteiger partial charge in [0.05, 0.1) is 26.4 Å². The van der Waals surface area contributed by atoms with Crippen LogP contribution in [-0.2, 0) is 65.4 Å². The van der Waals surface area contributed by atoms with Gasteiger partial charge in [-0.15, -0.1) is 0 Å². The van der Waals surface area contributed by atoms with Crippen LogP contribution >= 0.6 is 15.6 Å². The molecule has 0 aliphatic heterocycles. The zero-order valence-electron chi connectivity index (χ0n) is 68.9. The first-order chi connectivity index (χ1) is 51.0. The lowest BCUT2D eigenvalue weighted by molar-refractivity contribution is -0.161. The molecule has 5 atom stereocenters. The third-order valence-corrected chi connectivity index (χ3v) is 22.2. The predicted octanol–water partition coefficient (Wildman–Crippen LogP) is 26.4. The zero-order valence-corrected chi connectivity index (χ0v) is 70.7. The molecule has 17 nitrogen and oxygen atoms in total. The molecule has 0 rings (SSSR count). The average molecular weight is 1540 g/mol. The van der Waals surface area contributed by atoms with Crippen molar-refractivity contribution >= 4 is 39.5 Å². The van der Waals surface area contributed by atoms with Crippen LogP contribution in [0, 0.1) is 5.92 Å². The first kappa shape index (κ1) is 103. The van der Waals surface area contributed by atoms with Gasteiger partial charge in [-0.25, -0.2) is 9.13 Å². The minimum absolute atomic E-state index is 0.107. The van der Waals surface area contributed by atoms with E-state index < -0.39 is 97.5 Å². The molecule has 19 heteroatoms. The van der Waals surface area contributed by atoms with E-state index >= 15 is 0 Å². The van der Waals surface area contributed by atoms with Crippen LogP contribution in [0.5, 0.6) is 0 Å². The Morgan fingerprint density at radius 2 is 0.438 bits per heavy atom. The molecule has 0 amide bonds. The highest BCUT2D eigenvalue weighted by atomic mass is 31.2. The fourth-order valence-corrected chi connectivity index (χ4v) is 15.1. The third-order valence-electron chi connectivity index (χ3n) is 20.3. The van der Waals surface area contributed by atoms with Gasteiger partial charge in [-0.1, -0.05) is 413 Å². The van der Waals surface area contributed by atoms with E-state index in [0.717, 1.165) is 95.8 Å². The van der Waals surface area contributed by atoms with Crippen molar-refractivity contribution in [2.24, 2.45) is 5.92 Å². The third kappa shape index (κ3) is 79.9. The van der Waals surface area contributed by atoms with E-state index in [0.29, 0.717) is 25.7 Å². The molecular weight excluding hydrogens is 1370 g/mol. The number of hydrogen-bond acceptors (Lipinski definition) is 15. The number of aliphatic hydroxyl groups is 1. The maximum absolute atomic E-state index is 13.1. The van der Waals surface area contributed by atoms with Crippen LogP contribution in [0.4, 0.5) is 0 Å². The van der Waals surface area contributed by atoms with E-state index in [1.165, 1.54) is 289 Å². The number of esters is 4. The number of carbonyl (C=O) groups excluding carboxylic acids is 4. The SMILES string of the molecule is CCCCCCCCCCCCCCCCCCCCCCCC(=O)O[C@H](COC(=O)CCCCCCCCCCCCCCCCCCCCC)COP(=O)(O)OC[C@@H](O)COP(=O)(O)OC[C@@H](COC(=O)CCCCCCCCCCCCCC)OC(=O)CCCCCCCCCCCCC(C)C. The van der Waals surface area contributed by atoms with E-state index in [1.807, 2.05) is 0 Å². The second-order valence-electron chi connectivity index (χ2n) is 31.4. The van der Waals surface area contributed by atoms with Crippen molar-refractivity contribution < 1.29 is 80.2 Å². The molecular formula is C86H168O17P2. The molecule has 0 fully saturated rings. The molecule has 0 aromatic carbocycles. The van der Waals surface area contributed by atoms with Gasteiger partial charge in [0.25, 0.3) is 0 Å². The molecule has 0 radical (unpaired) electrons. The van der Waals surface area contributed by atoms with Crippen LogP contribution in [0.2, 0.25) is 0 Å². The Morgan fingerprint density at radius 1 is 0.257 bits per heavy atom. The lowest BCUT2D eigenvalue weighted by Crippen LogP contribution is -2.30. The maximum atomic E-state index is 13.1. The first-order valence-electron chi connectivity index (χ1n) is 44.6. The van der Waals surface area contributed by atoms with Crippen LogP contribution in [0.25, 0.3) is 0 Å². The second kappa shape index (κ2) is 78.7. The molecule has 0 saturated carbocycles. The summed E-state index contributed by atoms with van der Waals surface area (Å²) in [6.45, 7) is 7.35. The van der Waals surface area contributed by atoms with Gasteiger partial charge in [0, 0.05) is 25.7 Å². The zero-order chi connectivity index (χ0) is 76.9. The van der Waals surface area contributed by atoms with Crippen molar-refractivity contribution in [2.45, 2.75) is 483 Å². The average Bonchev–Trinajstić information content (AvgIpc) is 0.916. The summed E-state index contributed by atoms with van der Waals surface area (Å²) in [4.78, 5) is 73.2. The quantitative estimate of drug-likeness (QED) is 0.0222. The number of carbonyl (C=O) groups is 4. The summed E-state index contributed by atoms with van der Waals surface area (Å²) in [5.74, 6) is -1.35. The number of rotatable bonds is 86. The number of ether oxygens (including phenoxy) is 4. The summed E-state index contributed by atoms with van der Waals surface area (Å²) < 4.78 is 68.9. The molecule has 105 heavy (non-hydrogen) atoms. The van der Waals surface area contributed by atoms with E-state index in [4.69, 9.17) is 37.0 Å². The Kier molecular flexibility index (Phi) is 77.3. The van der Waals surface area contributed by atoms with Crippen molar-refractivity contribution in [3.63, 3.8) is 0 Å². The second-order valence-corrected chi connectivity index (χ2v) is 34.3. The van der Waals surface area contributed by atoms with Gasteiger partial charge in [0.1, 0.15) is 19.3 Å². The summed E-state index contributed by atoms with van der Waals surface area (Å²) in [5.41, 5.74) is 0. The van der Waals surface area contributed by atoms with Crippen molar-refractivity contribution in [3.8, 4) is 0 Å². The Hall–Kier alpha value is -1.94. The molecule has 624 valence electrons. The Morgan fingerprint density at radius 3 is 0.648 bits per heavy atom. The van der Waals surface area contributed by atoms with E-state index in [-0.39, 0.29) is 25.7 Å². The van der Waals surface area contributed by atoms with E-state index in [9.17, 15) is 43.2 Å². The highest BCUT2D eigenvalue weighted by Gasteiger charge is 2.30. The summed E-state index contributed by atoms with van der Waals surface area (Å²) in [6.07, 6.45) is 72.3. The van der Waals surface area contributed by atoms with Gasteiger partial charge in [-0.3, -0.25) is 37.3 Å². The molecule has 0 heterocycles. The molecule has 0 bridgehead atoms. The van der Waals surface area contributed by atoms with Crippen molar-refractivity contribution in [2.75, 3.05) is 39.6 Å². The normalized spacial score (nSPS) is 13.8. The summed E-state index contributed by atoms with van der Waals surface area (Å²) in [5, 5.41) is 10.7. The van der Waals surface area contributed by atoms with E-state index in [1.54, 1.807) is 0 Å². The van der Waals surface area contributed by atoms with E-state index in [2.05, 4.69) is 34.6 Å². The van der Waals surface area contributed by atoms with Crippen molar-refractivity contribution in [1.29, 1.82) is 0 Å². The minimum Gasteiger partial charge on any atom is -0.462 e. The van der Waals surface area contributed by atoms with Crippen molar-refractivity contribution in [1.82, 2.24) is 0 Å². The fraction of sp³-hybridized carbons (Fsp3) is 0.953. The molecule has 2 unspecified atom stereocenters. The molecule has 0 aliphatic carbocycles. The van der Waals surface area contributed by atoms with Crippen LogP contribution in [0.3, 0.4) is 0 Å². The molecule has 0 aromatic rings. The lowest BCUT2D eigenvalue weighted by Gasteiger charge is -2.21. The van der Waals surface area contributed by atoms with Crippen molar-refractivity contribution in [3.05, 3.63) is 0 Å². The van der Waals surface area contributed by atoms with Crippen LogP contribution < -0.4 is 0 Å². The monoisotopic (exact) mass is 1540 g/mol. The summed E-state index contributed by atoms with van der Waals surface area (Å²) >= 11 is 0. The van der Waals surface area contributed by atoms with Gasteiger partial charge in [0.15, 0.2) is 12.2 Å². The molecule has 0 aliphatic rings. The highest BCUT2D eigenvalue weighted by Crippen LogP contribution is 2.45. The topological polar surface area (TPSA) is 237 Å². The number of phosphoric acid groups is 2. The molecule has 0 spiro atoms. The highest BCUT2D eigenvalue weighted by molar-refractivity contribution is 7.47. The fourth-order valence-electron chi connectivity index (χ4n) is 13.5. The predicted molar refractivity (Wildman–Crippen MR) is 432 cm³/mol. The lowest BCUT2D eigenvalue weighted by atomic mass is 10.0. The first-order valence-corrected chi connectivity index (χ1v) is 47.6. The van der Waals surface area contributed by atoms with Gasteiger partial charge in [0.2, 0.25) is 0 Å². The summed E-state index contributed by atoms with van der Waals surface area (Å²) in [7, 11) is -9.93. The van der Waals surface area contributed by atoms with Gasteiger partial charge >= 0.3 is 39.5 Å². The largest absolute Gasteiger partial charge is 0.472 e. The molecule has 3 N–H and O–H groups in total.